The number of aryl methyl sites for hydroxylation is 1. The van der Waals surface area contributed by atoms with Crippen LogP contribution in [0.15, 0.2) is 77.3 Å². The van der Waals surface area contributed by atoms with E-state index in [1.54, 1.807) is 0 Å². The number of aromatic nitrogens is 2. The van der Waals surface area contributed by atoms with E-state index in [1.807, 2.05) is 24.3 Å². The normalized spacial score (nSPS) is 17.9. The maximum absolute atomic E-state index is 13.1. The van der Waals surface area contributed by atoms with Gasteiger partial charge < -0.3 is 9.84 Å². The van der Waals surface area contributed by atoms with Crippen molar-refractivity contribution in [1.29, 1.82) is 0 Å². The van der Waals surface area contributed by atoms with Gasteiger partial charge in [0.15, 0.2) is 0 Å². The molecule has 3 heterocycles. The molecule has 7 nitrogen and oxygen atoms in total. The summed E-state index contributed by atoms with van der Waals surface area (Å²) in [7, 11) is 0. The maximum atomic E-state index is 13.1. The molecule has 0 bridgehead atoms. The Labute approximate surface area is 236 Å². The van der Waals surface area contributed by atoms with Crippen LogP contribution in [0, 0.1) is 12.8 Å². The lowest BCUT2D eigenvalue weighted by molar-refractivity contribution is -0.127. The molecule has 1 atom stereocenters. The van der Waals surface area contributed by atoms with E-state index < -0.39 is 0 Å². The summed E-state index contributed by atoms with van der Waals surface area (Å²) < 4.78 is 5.53. The number of hydrogen-bond donors (Lipinski definition) is 1. The second-order valence-corrected chi connectivity index (χ2v) is 11.2. The molecule has 206 valence electrons. The molecule has 1 fully saturated rings. The van der Waals surface area contributed by atoms with Gasteiger partial charge in [-0.3, -0.25) is 14.6 Å². The van der Waals surface area contributed by atoms with Gasteiger partial charge in [-0.25, -0.2) is 0 Å². The Bertz CT molecular complexity index is 1450. The van der Waals surface area contributed by atoms with Crippen LogP contribution in [0.2, 0.25) is 0 Å². The minimum absolute atomic E-state index is 0.0372. The number of nitrogens with one attached hydrogen (secondary N) is 1. The zero-order chi connectivity index (χ0) is 27.3. The van der Waals surface area contributed by atoms with Gasteiger partial charge in [0.25, 0.3) is 0 Å². The summed E-state index contributed by atoms with van der Waals surface area (Å²) in [6, 6.07) is 25.5. The van der Waals surface area contributed by atoms with Crippen LogP contribution in [0.5, 0.6) is 0 Å². The number of carbonyl (C=O) groups is 1. The van der Waals surface area contributed by atoms with Crippen molar-refractivity contribution in [2.45, 2.75) is 52.4 Å². The molecule has 1 aromatic heterocycles. The Morgan fingerprint density at radius 3 is 2.65 bits per heavy atom. The van der Waals surface area contributed by atoms with Crippen LogP contribution in [0.25, 0.3) is 11.4 Å². The fraction of sp³-hybridized carbons (Fsp3) is 0.364. The third-order valence-corrected chi connectivity index (χ3v) is 8.09. The van der Waals surface area contributed by atoms with E-state index in [4.69, 9.17) is 4.52 Å². The highest BCUT2D eigenvalue weighted by molar-refractivity contribution is 5.79. The summed E-state index contributed by atoms with van der Waals surface area (Å²) >= 11 is 0. The van der Waals surface area contributed by atoms with Crippen LogP contribution in [0.1, 0.15) is 46.5 Å². The average Bonchev–Trinajstić information content (AvgIpc) is 3.45. The van der Waals surface area contributed by atoms with Crippen LogP contribution in [0.4, 0.5) is 0 Å². The molecule has 3 aromatic carbocycles. The van der Waals surface area contributed by atoms with Gasteiger partial charge in [0.1, 0.15) is 0 Å². The number of nitrogens with zero attached hydrogens (tertiary/aromatic N) is 4. The van der Waals surface area contributed by atoms with Crippen molar-refractivity contribution in [2.75, 3.05) is 19.6 Å². The molecule has 1 N–H and O–H groups in total. The summed E-state index contributed by atoms with van der Waals surface area (Å²) in [5.41, 5.74) is 7.48. The number of carbonyl (C=O) groups excluding carboxylic acids is 1. The third kappa shape index (κ3) is 6.49. The topological polar surface area (TPSA) is 74.5 Å². The molecule has 2 aliphatic rings. The van der Waals surface area contributed by atoms with E-state index in [0.717, 1.165) is 56.6 Å². The molecule has 2 aliphatic heterocycles. The Morgan fingerprint density at radius 1 is 0.950 bits per heavy atom. The van der Waals surface area contributed by atoms with Crippen molar-refractivity contribution in [3.63, 3.8) is 0 Å². The molecule has 40 heavy (non-hydrogen) atoms. The quantitative estimate of drug-likeness (QED) is 0.337. The number of amides is 1. The fourth-order valence-corrected chi connectivity index (χ4v) is 5.86. The number of rotatable bonds is 8. The first-order valence-corrected chi connectivity index (χ1v) is 14.4. The Balaban J connectivity index is 0.993. The molecule has 6 rings (SSSR count). The molecule has 4 aromatic rings. The monoisotopic (exact) mass is 535 g/mol. The second-order valence-electron chi connectivity index (χ2n) is 11.2. The van der Waals surface area contributed by atoms with E-state index in [1.165, 1.54) is 22.3 Å². The van der Waals surface area contributed by atoms with Crippen LogP contribution >= 0.6 is 0 Å². The van der Waals surface area contributed by atoms with Crippen molar-refractivity contribution in [1.82, 2.24) is 25.3 Å². The molecule has 0 spiro atoms. The van der Waals surface area contributed by atoms with Crippen molar-refractivity contribution in [3.8, 4) is 11.4 Å². The molecule has 1 amide bonds. The summed E-state index contributed by atoms with van der Waals surface area (Å²) in [5.74, 6) is 1.28. The zero-order valence-electron chi connectivity index (χ0n) is 23.2. The molecule has 0 saturated carbocycles. The van der Waals surface area contributed by atoms with E-state index in [2.05, 4.69) is 80.7 Å². The lowest BCUT2D eigenvalue weighted by Crippen LogP contribution is -2.42. The summed E-state index contributed by atoms with van der Waals surface area (Å²) in [5, 5.41) is 7.35. The lowest BCUT2D eigenvalue weighted by Gasteiger charge is -2.31. The highest BCUT2D eigenvalue weighted by Crippen LogP contribution is 2.22. The van der Waals surface area contributed by atoms with Crippen LogP contribution in [-0.2, 0) is 37.4 Å². The molecule has 1 unspecified atom stereocenters. The highest BCUT2D eigenvalue weighted by atomic mass is 16.5. The van der Waals surface area contributed by atoms with Gasteiger partial charge in [-0.05, 0) is 55.0 Å². The van der Waals surface area contributed by atoms with Crippen LogP contribution < -0.4 is 5.32 Å². The number of likely N-dealkylation sites (tertiary alicyclic amines) is 1. The minimum atomic E-state index is -0.0372. The van der Waals surface area contributed by atoms with Gasteiger partial charge in [-0.15, -0.1) is 0 Å². The average molecular weight is 536 g/mol. The SMILES string of the molecule is Cc1ccc(-c2noc(CN3CCCC(C(=O)NCc4cccc(CN5CCc6ccccc6C5)c4)C3)n2)cc1. The fourth-order valence-electron chi connectivity index (χ4n) is 5.86. The first-order valence-electron chi connectivity index (χ1n) is 14.4. The van der Waals surface area contributed by atoms with Gasteiger partial charge in [-0.1, -0.05) is 83.5 Å². The summed E-state index contributed by atoms with van der Waals surface area (Å²) in [4.78, 5) is 22.4. The van der Waals surface area contributed by atoms with E-state index in [9.17, 15) is 4.79 Å². The van der Waals surface area contributed by atoms with E-state index in [0.29, 0.717) is 31.3 Å². The molecular weight excluding hydrogens is 498 g/mol. The lowest BCUT2D eigenvalue weighted by atomic mass is 9.97. The van der Waals surface area contributed by atoms with E-state index >= 15 is 0 Å². The second kappa shape index (κ2) is 12.1. The van der Waals surface area contributed by atoms with Crippen molar-refractivity contribution >= 4 is 5.91 Å². The predicted octanol–water partition coefficient (Wildman–Crippen LogP) is 5.13. The molecule has 1 saturated heterocycles. The van der Waals surface area contributed by atoms with Gasteiger partial charge in [0.2, 0.25) is 17.6 Å². The molecular formula is C33H37N5O2. The molecule has 0 radical (unpaired) electrons. The van der Waals surface area contributed by atoms with Crippen molar-refractivity contribution in [2.24, 2.45) is 5.92 Å². The van der Waals surface area contributed by atoms with Crippen molar-refractivity contribution < 1.29 is 9.32 Å². The maximum Gasteiger partial charge on any atom is 0.241 e. The third-order valence-electron chi connectivity index (χ3n) is 8.09. The number of fused-ring (bicyclic) bond motifs is 1. The Hall–Kier alpha value is -3.81. The Kier molecular flexibility index (Phi) is 8.02. The van der Waals surface area contributed by atoms with Gasteiger partial charge in [0, 0.05) is 38.3 Å². The summed E-state index contributed by atoms with van der Waals surface area (Å²) in [6.45, 7) is 7.79. The predicted molar refractivity (Wildman–Crippen MR) is 155 cm³/mol. The minimum Gasteiger partial charge on any atom is -0.352 e. The van der Waals surface area contributed by atoms with Crippen LogP contribution in [0.3, 0.4) is 0 Å². The van der Waals surface area contributed by atoms with Gasteiger partial charge >= 0.3 is 0 Å². The Morgan fingerprint density at radius 2 is 1.77 bits per heavy atom. The van der Waals surface area contributed by atoms with Crippen molar-refractivity contribution in [3.05, 3.63) is 107 Å². The van der Waals surface area contributed by atoms with Gasteiger partial charge in [0.05, 0.1) is 12.5 Å². The number of piperidine rings is 1. The number of hydrogen-bond acceptors (Lipinski definition) is 6. The van der Waals surface area contributed by atoms with Crippen LogP contribution in [-0.4, -0.2) is 45.5 Å². The molecule has 0 aliphatic carbocycles. The first-order chi connectivity index (χ1) is 19.6. The molecule has 7 heteroatoms. The van der Waals surface area contributed by atoms with Gasteiger partial charge in [-0.2, -0.15) is 4.98 Å². The standard InChI is InChI=1S/C33H37N5O2/c1-24-11-13-28(14-12-24)32-35-31(40-36-32)23-37-16-5-10-30(22-37)33(39)34-19-25-6-4-7-26(18-25)20-38-17-15-27-8-2-3-9-29(27)21-38/h2-4,6-9,11-14,18,30H,5,10,15-17,19-23H2,1H3,(H,34,39). The number of benzene rings is 3. The van der Waals surface area contributed by atoms with E-state index in [-0.39, 0.29) is 11.8 Å². The zero-order valence-corrected chi connectivity index (χ0v) is 23.2. The summed E-state index contributed by atoms with van der Waals surface area (Å²) in [6.07, 6.45) is 2.98. The highest BCUT2D eigenvalue weighted by Gasteiger charge is 2.27. The largest absolute Gasteiger partial charge is 0.352 e. The first kappa shape index (κ1) is 26.4. The smallest absolute Gasteiger partial charge is 0.241 e.